The van der Waals surface area contributed by atoms with Gasteiger partial charge in [0.15, 0.2) is 0 Å². The Morgan fingerprint density at radius 3 is 2.43 bits per heavy atom. The quantitative estimate of drug-likeness (QED) is 0.720. The summed E-state index contributed by atoms with van der Waals surface area (Å²) in [5.74, 6) is 0.819. The first kappa shape index (κ1) is 10.4. The molecule has 0 aromatic rings. The van der Waals surface area contributed by atoms with Crippen LogP contribution in [0.25, 0.3) is 0 Å². The van der Waals surface area contributed by atoms with Gasteiger partial charge in [-0.05, 0) is 44.1 Å². The van der Waals surface area contributed by atoms with E-state index in [2.05, 4.69) is 5.32 Å². The number of nitrogens with one attached hydrogen (secondary N) is 1. The van der Waals surface area contributed by atoms with Gasteiger partial charge in [-0.2, -0.15) is 0 Å². The van der Waals surface area contributed by atoms with Crippen LogP contribution in [0.1, 0.15) is 44.9 Å². The fourth-order valence-corrected chi connectivity index (χ4v) is 3.13. The third-order valence-electron chi connectivity index (χ3n) is 4.29. The third-order valence-corrected chi connectivity index (χ3v) is 4.29. The average Bonchev–Trinajstić information content (AvgIpc) is 3.00. The first-order valence-electron chi connectivity index (χ1n) is 6.19. The van der Waals surface area contributed by atoms with Crippen molar-refractivity contribution >= 4 is 0 Å². The Labute approximate surface area is 87.6 Å². The summed E-state index contributed by atoms with van der Waals surface area (Å²) in [6.45, 7) is 1.13. The van der Waals surface area contributed by atoms with E-state index in [9.17, 15) is 0 Å². The molecular formula is C12H24N2. The number of nitrogens with two attached hydrogens (primary N) is 1. The van der Waals surface area contributed by atoms with Gasteiger partial charge in [-0.15, -0.1) is 0 Å². The molecule has 2 aliphatic carbocycles. The van der Waals surface area contributed by atoms with Crippen molar-refractivity contribution in [3.05, 3.63) is 0 Å². The largest absolute Gasteiger partial charge is 0.327 e. The summed E-state index contributed by atoms with van der Waals surface area (Å²) in [6, 6.07) is 0.468. The van der Waals surface area contributed by atoms with Gasteiger partial charge in [-0.25, -0.2) is 0 Å². The van der Waals surface area contributed by atoms with E-state index in [1.165, 1.54) is 44.9 Å². The standard InChI is InChI=1S/C12H24N2/c1-14-9-12(7-8-12)11(13)10-5-3-2-4-6-10/h10-11,14H,2-9,13H2,1H3. The third kappa shape index (κ3) is 1.96. The van der Waals surface area contributed by atoms with Crippen molar-refractivity contribution in [2.45, 2.75) is 51.0 Å². The minimum Gasteiger partial charge on any atom is -0.327 e. The lowest BCUT2D eigenvalue weighted by atomic mass is 9.77. The van der Waals surface area contributed by atoms with Crippen LogP contribution in [-0.4, -0.2) is 19.6 Å². The lowest BCUT2D eigenvalue weighted by Crippen LogP contribution is -2.44. The Morgan fingerprint density at radius 2 is 1.93 bits per heavy atom. The second-order valence-corrected chi connectivity index (χ2v) is 5.32. The molecule has 3 N–H and O–H groups in total. The second kappa shape index (κ2) is 4.19. The van der Waals surface area contributed by atoms with Gasteiger partial charge in [-0.3, -0.25) is 0 Å². The van der Waals surface area contributed by atoms with Crippen molar-refractivity contribution in [3.8, 4) is 0 Å². The summed E-state index contributed by atoms with van der Waals surface area (Å²) >= 11 is 0. The van der Waals surface area contributed by atoms with E-state index in [1.54, 1.807) is 0 Å². The Balaban J connectivity index is 1.89. The van der Waals surface area contributed by atoms with Gasteiger partial charge in [0, 0.05) is 12.6 Å². The van der Waals surface area contributed by atoms with Gasteiger partial charge in [0.25, 0.3) is 0 Å². The molecule has 0 spiro atoms. The fourth-order valence-electron chi connectivity index (χ4n) is 3.13. The monoisotopic (exact) mass is 196 g/mol. The summed E-state index contributed by atoms with van der Waals surface area (Å²) < 4.78 is 0. The zero-order valence-electron chi connectivity index (χ0n) is 9.39. The molecule has 0 aromatic heterocycles. The molecule has 2 aliphatic rings. The summed E-state index contributed by atoms with van der Waals surface area (Å²) in [5, 5.41) is 3.31. The highest BCUT2D eigenvalue weighted by Gasteiger charge is 2.49. The van der Waals surface area contributed by atoms with E-state index in [0.717, 1.165) is 12.5 Å². The number of rotatable bonds is 4. The van der Waals surface area contributed by atoms with E-state index < -0.39 is 0 Å². The molecule has 0 aliphatic heterocycles. The van der Waals surface area contributed by atoms with Crippen molar-refractivity contribution in [2.24, 2.45) is 17.1 Å². The fraction of sp³-hybridized carbons (Fsp3) is 1.00. The van der Waals surface area contributed by atoms with Crippen LogP contribution in [0.2, 0.25) is 0 Å². The van der Waals surface area contributed by atoms with E-state index in [4.69, 9.17) is 5.73 Å². The highest BCUT2D eigenvalue weighted by Crippen LogP contribution is 2.51. The highest BCUT2D eigenvalue weighted by molar-refractivity contribution is 5.04. The summed E-state index contributed by atoms with van der Waals surface area (Å²) in [6.07, 6.45) is 9.72. The minimum absolute atomic E-state index is 0.468. The van der Waals surface area contributed by atoms with Crippen LogP contribution in [0.5, 0.6) is 0 Å². The lowest BCUT2D eigenvalue weighted by Gasteiger charge is -2.33. The van der Waals surface area contributed by atoms with E-state index in [-0.39, 0.29) is 0 Å². The maximum Gasteiger partial charge on any atom is 0.0136 e. The van der Waals surface area contributed by atoms with Gasteiger partial charge in [-0.1, -0.05) is 19.3 Å². The summed E-state index contributed by atoms with van der Waals surface area (Å²) in [4.78, 5) is 0. The smallest absolute Gasteiger partial charge is 0.0136 e. The molecule has 0 aromatic carbocycles. The minimum atomic E-state index is 0.468. The SMILES string of the molecule is CNCC1(C(N)C2CCCCC2)CC1. The number of hydrogen-bond acceptors (Lipinski definition) is 2. The second-order valence-electron chi connectivity index (χ2n) is 5.32. The van der Waals surface area contributed by atoms with Crippen LogP contribution in [-0.2, 0) is 0 Å². The van der Waals surface area contributed by atoms with E-state index in [0.29, 0.717) is 11.5 Å². The molecule has 2 saturated carbocycles. The molecule has 82 valence electrons. The molecule has 1 atom stereocenters. The van der Waals surface area contributed by atoms with Gasteiger partial charge < -0.3 is 11.1 Å². The van der Waals surface area contributed by atoms with Crippen molar-refractivity contribution < 1.29 is 0 Å². The van der Waals surface area contributed by atoms with Gasteiger partial charge in [0.1, 0.15) is 0 Å². The molecule has 0 bridgehead atoms. The molecule has 2 rings (SSSR count). The Hall–Kier alpha value is -0.0800. The van der Waals surface area contributed by atoms with Crippen LogP contribution >= 0.6 is 0 Å². The summed E-state index contributed by atoms with van der Waals surface area (Å²) in [5.41, 5.74) is 6.92. The molecule has 2 nitrogen and oxygen atoms in total. The first-order chi connectivity index (χ1) is 6.78. The molecule has 0 saturated heterocycles. The Morgan fingerprint density at radius 1 is 1.29 bits per heavy atom. The van der Waals surface area contributed by atoms with Crippen LogP contribution < -0.4 is 11.1 Å². The average molecular weight is 196 g/mol. The molecule has 2 heteroatoms. The zero-order chi connectivity index (χ0) is 10.0. The van der Waals surface area contributed by atoms with E-state index >= 15 is 0 Å². The first-order valence-corrected chi connectivity index (χ1v) is 6.19. The lowest BCUT2D eigenvalue weighted by molar-refractivity contribution is 0.227. The van der Waals surface area contributed by atoms with Crippen molar-refractivity contribution in [1.82, 2.24) is 5.32 Å². The molecule has 2 fully saturated rings. The normalized spacial score (nSPS) is 28.7. The Bertz CT molecular complexity index is 181. The topological polar surface area (TPSA) is 38.0 Å². The predicted octanol–water partition coefficient (Wildman–Crippen LogP) is 1.89. The molecule has 14 heavy (non-hydrogen) atoms. The molecule has 0 radical (unpaired) electrons. The Kier molecular flexibility index (Phi) is 3.13. The van der Waals surface area contributed by atoms with E-state index in [1.807, 2.05) is 7.05 Å². The van der Waals surface area contributed by atoms with Crippen molar-refractivity contribution in [2.75, 3.05) is 13.6 Å². The maximum atomic E-state index is 6.43. The van der Waals surface area contributed by atoms with Crippen LogP contribution in [0.3, 0.4) is 0 Å². The van der Waals surface area contributed by atoms with Crippen LogP contribution in [0.15, 0.2) is 0 Å². The molecular weight excluding hydrogens is 172 g/mol. The van der Waals surface area contributed by atoms with Gasteiger partial charge >= 0.3 is 0 Å². The maximum absolute atomic E-state index is 6.43. The molecule has 1 unspecified atom stereocenters. The highest BCUT2D eigenvalue weighted by atomic mass is 14.9. The molecule has 0 heterocycles. The zero-order valence-corrected chi connectivity index (χ0v) is 9.39. The predicted molar refractivity (Wildman–Crippen MR) is 60.1 cm³/mol. The van der Waals surface area contributed by atoms with Crippen LogP contribution in [0, 0.1) is 11.3 Å². The number of hydrogen-bond donors (Lipinski definition) is 2. The van der Waals surface area contributed by atoms with Crippen molar-refractivity contribution in [1.29, 1.82) is 0 Å². The van der Waals surface area contributed by atoms with Gasteiger partial charge in [0.05, 0.1) is 0 Å². The van der Waals surface area contributed by atoms with Crippen molar-refractivity contribution in [3.63, 3.8) is 0 Å². The van der Waals surface area contributed by atoms with Gasteiger partial charge in [0.2, 0.25) is 0 Å². The molecule has 0 amide bonds. The van der Waals surface area contributed by atoms with Crippen LogP contribution in [0.4, 0.5) is 0 Å². The summed E-state index contributed by atoms with van der Waals surface area (Å²) in [7, 11) is 2.05.